The van der Waals surface area contributed by atoms with Crippen LogP contribution in [0.2, 0.25) is 16.6 Å². The van der Waals surface area contributed by atoms with E-state index in [1.807, 2.05) is 24.3 Å². The molecule has 1 rings (SSSR count). The maximum Gasteiger partial charge on any atom is 0.372 e. The van der Waals surface area contributed by atoms with E-state index in [1.165, 1.54) is 0 Å². The van der Waals surface area contributed by atoms with Gasteiger partial charge in [0.15, 0.2) is 0 Å². The van der Waals surface area contributed by atoms with Crippen molar-refractivity contribution in [2.45, 2.75) is 64.6 Å². The molecule has 0 aromatic heterocycles. The topological polar surface area (TPSA) is 63.6 Å². The van der Waals surface area contributed by atoms with Gasteiger partial charge in [0.2, 0.25) is 5.78 Å². The fourth-order valence-corrected chi connectivity index (χ4v) is 15.1. The number of ketones is 1. The summed E-state index contributed by atoms with van der Waals surface area (Å²) in [4.78, 5) is 23.4. The molecule has 1 aromatic carbocycles. The molecule has 0 saturated heterocycles. The quantitative estimate of drug-likeness (QED) is 0.363. The predicted octanol–water partition coefficient (Wildman–Crippen LogP) is 6.06. The maximum atomic E-state index is 12.1. The van der Waals surface area contributed by atoms with Gasteiger partial charge in [0.05, 0.1) is 7.11 Å². The third-order valence-corrected chi connectivity index (χ3v) is 14.9. The highest BCUT2D eigenvalue weighted by atomic mass is 79.9. The molecule has 0 unspecified atom stereocenters. The number of Topliss-reactive ketones (excluding diaryl/α,β-unsaturated/α-hetero) is 1. The summed E-state index contributed by atoms with van der Waals surface area (Å²) in [5.74, 6) is -1.47. The number of halogens is 1. The smallest absolute Gasteiger partial charge is 0.372 e. The summed E-state index contributed by atoms with van der Waals surface area (Å²) < 4.78 is 6.28. The van der Waals surface area contributed by atoms with Gasteiger partial charge in [-0.1, -0.05) is 69.6 Å². The Morgan fingerprint density at radius 3 is 1.78 bits per heavy atom. The van der Waals surface area contributed by atoms with Crippen molar-refractivity contribution >= 4 is 41.3 Å². The zero-order valence-corrected chi connectivity index (χ0v) is 19.9. The van der Waals surface area contributed by atoms with Crippen LogP contribution >= 0.6 is 15.9 Å². The van der Waals surface area contributed by atoms with E-state index in [0.717, 1.165) is 21.0 Å². The van der Waals surface area contributed by atoms with Gasteiger partial charge in [0.1, 0.15) is 13.8 Å². The third-order valence-electron chi connectivity index (χ3n) is 5.53. The number of allylic oxidation sites excluding steroid dienone is 1. The van der Waals surface area contributed by atoms with Gasteiger partial charge >= 0.3 is 5.97 Å². The first kappa shape index (κ1) is 23.6. The molecule has 0 radical (unpaired) electrons. The molecule has 0 saturated carbocycles. The number of methoxy groups -OCH3 is 1. The monoisotopic (exact) mass is 454 g/mol. The summed E-state index contributed by atoms with van der Waals surface area (Å²) in [5.41, 5.74) is 2.93. The Hall–Kier alpha value is -1.40. The molecule has 1 N–H and O–H groups in total. The lowest BCUT2D eigenvalue weighted by molar-refractivity contribution is -0.148. The van der Waals surface area contributed by atoms with Crippen molar-refractivity contribution in [2.24, 2.45) is 0 Å². The maximum absolute atomic E-state index is 12.1. The van der Waals surface area contributed by atoms with Gasteiger partial charge in [-0.2, -0.15) is 0 Å². The minimum atomic E-state index is -2.08. The van der Waals surface area contributed by atoms with Crippen LogP contribution in [0, 0.1) is 0 Å². The number of carbonyl (C=O) groups is 2. The van der Waals surface area contributed by atoms with E-state index in [9.17, 15) is 14.7 Å². The van der Waals surface area contributed by atoms with Gasteiger partial charge in [0, 0.05) is 6.42 Å². The van der Waals surface area contributed by atoms with Gasteiger partial charge < -0.3 is 9.84 Å². The molecule has 0 atom stereocenters. The van der Waals surface area contributed by atoms with Crippen LogP contribution in [0.3, 0.4) is 0 Å². The number of rotatable bonds is 9. The zero-order chi connectivity index (χ0) is 20.9. The number of hydrogen-bond acceptors (Lipinski definition) is 3. The summed E-state index contributed by atoms with van der Waals surface area (Å²) in [6, 6.07) is 7.46. The third kappa shape index (κ3) is 4.91. The van der Waals surface area contributed by atoms with Gasteiger partial charge in [0.25, 0.3) is 0 Å². The van der Waals surface area contributed by atoms with E-state index in [0.29, 0.717) is 16.6 Å². The van der Waals surface area contributed by atoms with Crippen LogP contribution in [-0.2, 0) is 9.59 Å². The molecule has 0 aliphatic carbocycles. The molecule has 6 heteroatoms. The van der Waals surface area contributed by atoms with Crippen LogP contribution in [-0.4, -0.2) is 32.0 Å². The van der Waals surface area contributed by atoms with Gasteiger partial charge in [-0.05, 0) is 44.0 Å². The number of aliphatic carboxylic acids is 1. The highest BCUT2D eigenvalue weighted by Crippen LogP contribution is 2.51. The van der Waals surface area contributed by atoms with Crippen molar-refractivity contribution in [1.82, 2.24) is 0 Å². The van der Waals surface area contributed by atoms with Crippen molar-refractivity contribution < 1.29 is 19.4 Å². The molecule has 27 heavy (non-hydrogen) atoms. The fourth-order valence-electron chi connectivity index (χ4n) is 4.36. The number of carboxylic acid groups (broad SMARTS) is 1. The molecule has 0 aliphatic heterocycles. The van der Waals surface area contributed by atoms with Crippen LogP contribution < -0.4 is 4.74 Å². The molecule has 0 spiro atoms. The van der Waals surface area contributed by atoms with Crippen molar-refractivity contribution in [3.05, 3.63) is 33.9 Å². The minimum Gasteiger partial charge on any atom is -0.497 e. The average molecular weight is 455 g/mol. The van der Waals surface area contributed by atoms with Crippen LogP contribution in [0.4, 0.5) is 0 Å². The summed E-state index contributed by atoms with van der Waals surface area (Å²) in [6.45, 7) is 13.4. The van der Waals surface area contributed by atoms with Crippen LogP contribution in [0.15, 0.2) is 28.4 Å². The SMILES string of the molecule is COc1ccc(/C(CC(=O)C(=O)O)=C(/Br)[Si](C(C)C)(C(C)C)C(C)C)cc1. The van der Waals surface area contributed by atoms with Crippen molar-refractivity contribution in [3.63, 3.8) is 0 Å². The number of ether oxygens (including phenoxy) is 1. The highest BCUT2D eigenvalue weighted by Gasteiger charge is 2.46. The first-order valence-electron chi connectivity index (χ1n) is 9.29. The first-order chi connectivity index (χ1) is 12.5. The Balaban J connectivity index is 3.74. The lowest BCUT2D eigenvalue weighted by Crippen LogP contribution is -2.45. The van der Waals surface area contributed by atoms with Gasteiger partial charge in [-0.15, -0.1) is 0 Å². The number of hydrogen-bond donors (Lipinski definition) is 1. The highest BCUT2D eigenvalue weighted by molar-refractivity contribution is 9.12. The normalized spacial score (nSPS) is 13.1. The second kappa shape index (κ2) is 9.69. The van der Waals surface area contributed by atoms with Crippen LogP contribution in [0.5, 0.6) is 5.75 Å². The van der Waals surface area contributed by atoms with Crippen LogP contribution in [0.25, 0.3) is 5.57 Å². The Bertz CT molecular complexity index is 684. The molecule has 0 heterocycles. The Morgan fingerprint density at radius 1 is 1.00 bits per heavy atom. The van der Waals surface area contributed by atoms with E-state index >= 15 is 0 Å². The summed E-state index contributed by atoms with van der Waals surface area (Å²) >= 11 is 3.88. The summed E-state index contributed by atoms with van der Waals surface area (Å²) in [7, 11) is -0.479. The second-order valence-corrected chi connectivity index (χ2v) is 15.2. The lowest BCUT2D eigenvalue weighted by Gasteiger charge is -2.44. The molecular weight excluding hydrogens is 424 g/mol. The van der Waals surface area contributed by atoms with Crippen molar-refractivity contribution in [3.8, 4) is 5.75 Å². The van der Waals surface area contributed by atoms with E-state index in [-0.39, 0.29) is 6.42 Å². The molecule has 1 aromatic rings. The average Bonchev–Trinajstić information content (AvgIpc) is 2.58. The van der Waals surface area contributed by atoms with E-state index < -0.39 is 19.8 Å². The Kier molecular flexibility index (Phi) is 8.48. The van der Waals surface area contributed by atoms with Gasteiger partial charge in [-0.3, -0.25) is 4.79 Å². The van der Waals surface area contributed by atoms with Crippen LogP contribution in [0.1, 0.15) is 53.5 Å². The van der Waals surface area contributed by atoms with Crippen molar-refractivity contribution in [1.29, 1.82) is 0 Å². The Morgan fingerprint density at radius 2 is 1.44 bits per heavy atom. The molecule has 0 bridgehead atoms. The summed E-state index contributed by atoms with van der Waals surface area (Å²) in [6.07, 6.45) is -0.122. The molecule has 150 valence electrons. The van der Waals surface area contributed by atoms with Gasteiger partial charge in [-0.25, -0.2) is 4.79 Å². The van der Waals surface area contributed by atoms with E-state index in [1.54, 1.807) is 7.11 Å². The predicted molar refractivity (Wildman–Crippen MR) is 117 cm³/mol. The minimum absolute atomic E-state index is 0.122. The second-order valence-electron chi connectivity index (χ2n) is 7.82. The molecule has 0 amide bonds. The Labute approximate surface area is 172 Å². The first-order valence-corrected chi connectivity index (χ1v) is 12.3. The number of benzene rings is 1. The number of carboxylic acids is 1. The zero-order valence-electron chi connectivity index (χ0n) is 17.3. The lowest BCUT2D eigenvalue weighted by atomic mass is 10.0. The fraction of sp³-hybridized carbons (Fsp3) is 0.524. The molecule has 0 aliphatic rings. The molecular formula is C21H31BrO4Si. The number of carbonyl (C=O) groups excluding carboxylic acids is 1. The standard InChI is InChI=1S/C21H31BrO4Si/c1-13(2)27(14(3)4,15(5)6)20(22)18(12-19(23)21(24)25)16-8-10-17(26-7)11-9-16/h8-11,13-15H,12H2,1-7H3,(H,24,25)/b20-18-. The van der Waals surface area contributed by atoms with E-state index in [2.05, 4.69) is 57.5 Å². The van der Waals surface area contributed by atoms with Crippen molar-refractivity contribution in [2.75, 3.05) is 7.11 Å². The largest absolute Gasteiger partial charge is 0.497 e. The van der Waals surface area contributed by atoms with E-state index in [4.69, 9.17) is 4.74 Å². The molecule has 0 fully saturated rings. The molecule has 4 nitrogen and oxygen atoms in total. The summed E-state index contributed by atoms with van der Waals surface area (Å²) in [5, 5.41) is 9.18.